The number of aromatic amines is 1. The van der Waals surface area contributed by atoms with Gasteiger partial charge in [-0.3, -0.25) is 4.79 Å². The zero-order valence-corrected chi connectivity index (χ0v) is 19.4. The van der Waals surface area contributed by atoms with Gasteiger partial charge < -0.3 is 19.9 Å². The van der Waals surface area contributed by atoms with Gasteiger partial charge in [0.2, 0.25) is 0 Å². The van der Waals surface area contributed by atoms with Gasteiger partial charge in [0.25, 0.3) is 0 Å². The number of carbonyl (C=O) groups is 1. The molecule has 0 spiro atoms. The Bertz CT molecular complexity index is 1170. The van der Waals surface area contributed by atoms with Gasteiger partial charge >= 0.3 is 0 Å². The molecule has 0 bridgehead atoms. The van der Waals surface area contributed by atoms with E-state index in [0.717, 1.165) is 36.8 Å². The number of rotatable bonds is 1. The average Bonchev–Trinajstić information content (AvgIpc) is 3.24. The summed E-state index contributed by atoms with van der Waals surface area (Å²) >= 11 is 0. The highest BCUT2D eigenvalue weighted by atomic mass is 16.5. The van der Waals surface area contributed by atoms with Crippen molar-refractivity contribution in [1.29, 1.82) is 0 Å². The van der Waals surface area contributed by atoms with Gasteiger partial charge in [-0.15, -0.1) is 0 Å². The van der Waals surface area contributed by atoms with Crippen molar-refractivity contribution in [1.82, 2.24) is 4.98 Å². The lowest BCUT2D eigenvalue weighted by molar-refractivity contribution is -0.195. The summed E-state index contributed by atoms with van der Waals surface area (Å²) in [5, 5.41) is 24.1. The first-order chi connectivity index (χ1) is 15.0. The summed E-state index contributed by atoms with van der Waals surface area (Å²) in [5.74, 6) is 0.214. The third-order valence-corrected chi connectivity index (χ3v) is 9.74. The fraction of sp³-hybridized carbons (Fsp3) is 0.593. The molecule has 5 heteroatoms. The number of carbonyl (C=O) groups excluding carboxylic acids is 1. The van der Waals surface area contributed by atoms with E-state index in [4.69, 9.17) is 4.74 Å². The number of aromatic nitrogens is 1. The second-order valence-corrected chi connectivity index (χ2v) is 11.6. The van der Waals surface area contributed by atoms with Crippen LogP contribution in [0.15, 0.2) is 35.9 Å². The van der Waals surface area contributed by atoms with Crippen LogP contribution in [0.4, 0.5) is 0 Å². The lowest BCUT2D eigenvalue weighted by atomic mass is 9.42. The topological polar surface area (TPSA) is 82.5 Å². The highest BCUT2D eigenvalue weighted by molar-refractivity contribution is 5.96. The number of para-hydroxylation sites is 1. The molecule has 4 aliphatic rings. The smallest absolute Gasteiger partial charge is 0.187 e. The number of fused-ring (bicyclic) bond motifs is 9. The first kappa shape index (κ1) is 20.6. The molecule has 5 nitrogen and oxygen atoms in total. The summed E-state index contributed by atoms with van der Waals surface area (Å²) in [7, 11) is 0. The monoisotopic (exact) mass is 435 g/mol. The molecule has 0 radical (unpaired) electrons. The fourth-order valence-corrected chi connectivity index (χ4v) is 7.82. The van der Waals surface area contributed by atoms with E-state index in [-0.39, 0.29) is 17.3 Å². The van der Waals surface area contributed by atoms with Crippen LogP contribution >= 0.6 is 0 Å². The van der Waals surface area contributed by atoms with Crippen LogP contribution < -0.4 is 0 Å². The fourth-order valence-electron chi connectivity index (χ4n) is 7.82. The SMILES string of the molecule is CC(C)(O)[C@H]1OC2CC[C@@]3(C)[C@@](O)(CC[C@H]4Cc5c([nH]c6ccccc56)[C@@]43C)C2=CC1=O. The molecular weight excluding hydrogens is 402 g/mol. The summed E-state index contributed by atoms with van der Waals surface area (Å²) in [6.45, 7) is 7.77. The second-order valence-electron chi connectivity index (χ2n) is 11.6. The third-order valence-electron chi connectivity index (χ3n) is 9.74. The largest absolute Gasteiger partial charge is 0.387 e. The van der Waals surface area contributed by atoms with Crippen LogP contribution in [0.1, 0.15) is 64.6 Å². The van der Waals surface area contributed by atoms with E-state index in [0.29, 0.717) is 12.3 Å². The van der Waals surface area contributed by atoms with E-state index >= 15 is 0 Å². The Kier molecular flexibility index (Phi) is 3.96. The number of ketones is 1. The molecule has 0 amide bonds. The lowest BCUT2D eigenvalue weighted by Gasteiger charge is -2.64. The molecule has 2 fully saturated rings. The maximum Gasteiger partial charge on any atom is 0.187 e. The van der Waals surface area contributed by atoms with Crippen molar-refractivity contribution < 1.29 is 19.7 Å². The molecule has 2 heterocycles. The number of ether oxygens (including phenoxy) is 1. The van der Waals surface area contributed by atoms with Gasteiger partial charge in [-0.2, -0.15) is 0 Å². The summed E-state index contributed by atoms with van der Waals surface area (Å²) in [5.41, 5.74) is 1.53. The molecule has 3 aliphatic carbocycles. The van der Waals surface area contributed by atoms with Gasteiger partial charge in [-0.1, -0.05) is 32.0 Å². The first-order valence-corrected chi connectivity index (χ1v) is 12.0. The average molecular weight is 436 g/mol. The van der Waals surface area contributed by atoms with E-state index in [1.165, 1.54) is 16.6 Å². The summed E-state index contributed by atoms with van der Waals surface area (Å²) in [6.07, 6.45) is 4.51. The van der Waals surface area contributed by atoms with Gasteiger partial charge in [-0.05, 0) is 75.1 Å². The van der Waals surface area contributed by atoms with Gasteiger partial charge in [0.15, 0.2) is 5.78 Å². The molecule has 2 aromatic rings. The number of H-pyrrole nitrogens is 1. The normalized spacial score (nSPS) is 41.0. The van der Waals surface area contributed by atoms with Crippen LogP contribution in [0.5, 0.6) is 0 Å². The molecule has 6 rings (SSSR count). The van der Waals surface area contributed by atoms with Crippen LogP contribution in [0.3, 0.4) is 0 Å². The quantitative estimate of drug-likeness (QED) is 0.633. The Morgan fingerprint density at radius 3 is 2.66 bits per heavy atom. The second kappa shape index (κ2) is 6.13. The Balaban J connectivity index is 1.50. The molecule has 2 saturated carbocycles. The van der Waals surface area contributed by atoms with Crippen molar-refractivity contribution >= 4 is 16.7 Å². The zero-order valence-electron chi connectivity index (χ0n) is 19.4. The van der Waals surface area contributed by atoms with Crippen molar-refractivity contribution in [3.8, 4) is 0 Å². The lowest BCUT2D eigenvalue weighted by Crippen LogP contribution is -2.68. The Hall–Kier alpha value is -1.95. The van der Waals surface area contributed by atoms with E-state index in [9.17, 15) is 15.0 Å². The van der Waals surface area contributed by atoms with E-state index < -0.39 is 22.7 Å². The molecule has 3 N–H and O–H groups in total. The van der Waals surface area contributed by atoms with Gasteiger partial charge in [0.05, 0.1) is 17.3 Å². The van der Waals surface area contributed by atoms with Crippen molar-refractivity contribution in [2.45, 2.75) is 88.6 Å². The Morgan fingerprint density at radius 2 is 1.91 bits per heavy atom. The summed E-state index contributed by atoms with van der Waals surface area (Å²) < 4.78 is 6.15. The maximum absolute atomic E-state index is 13.0. The number of hydrogen-bond acceptors (Lipinski definition) is 4. The van der Waals surface area contributed by atoms with Gasteiger partial charge in [0, 0.05) is 27.4 Å². The zero-order chi connectivity index (χ0) is 22.7. The first-order valence-electron chi connectivity index (χ1n) is 12.0. The van der Waals surface area contributed by atoms with E-state index in [1.54, 1.807) is 19.9 Å². The van der Waals surface area contributed by atoms with Crippen LogP contribution in [-0.4, -0.2) is 44.4 Å². The van der Waals surface area contributed by atoms with Crippen LogP contribution in [0.2, 0.25) is 0 Å². The molecule has 0 saturated heterocycles. The number of hydrogen-bond donors (Lipinski definition) is 3. The van der Waals surface area contributed by atoms with Crippen molar-refractivity contribution in [3.05, 3.63) is 47.2 Å². The number of aliphatic hydroxyl groups is 2. The summed E-state index contributed by atoms with van der Waals surface area (Å²) in [4.78, 5) is 16.7. The molecule has 32 heavy (non-hydrogen) atoms. The number of benzene rings is 1. The van der Waals surface area contributed by atoms with E-state index in [2.05, 4.69) is 43.1 Å². The maximum atomic E-state index is 13.0. The third kappa shape index (κ3) is 2.27. The minimum atomic E-state index is -1.25. The molecule has 1 aliphatic heterocycles. The minimum absolute atomic E-state index is 0.226. The molecule has 1 aromatic heterocycles. The van der Waals surface area contributed by atoms with Gasteiger partial charge in [-0.25, -0.2) is 0 Å². The van der Waals surface area contributed by atoms with Crippen molar-refractivity contribution in [2.24, 2.45) is 11.3 Å². The van der Waals surface area contributed by atoms with Crippen LogP contribution in [0.25, 0.3) is 10.9 Å². The van der Waals surface area contributed by atoms with E-state index in [1.807, 2.05) is 0 Å². The van der Waals surface area contributed by atoms with Crippen LogP contribution in [0, 0.1) is 11.3 Å². The minimum Gasteiger partial charge on any atom is -0.387 e. The van der Waals surface area contributed by atoms with Gasteiger partial charge in [0.1, 0.15) is 6.10 Å². The van der Waals surface area contributed by atoms with Crippen LogP contribution in [-0.2, 0) is 21.4 Å². The van der Waals surface area contributed by atoms with Crippen molar-refractivity contribution in [3.63, 3.8) is 0 Å². The Labute approximate surface area is 188 Å². The summed E-state index contributed by atoms with van der Waals surface area (Å²) in [6, 6.07) is 8.49. The molecule has 1 unspecified atom stereocenters. The Morgan fingerprint density at radius 1 is 1.16 bits per heavy atom. The molecule has 170 valence electrons. The molecule has 6 atom stereocenters. The highest BCUT2D eigenvalue weighted by Gasteiger charge is 2.70. The molecule has 1 aromatic carbocycles. The standard InChI is InChI=1S/C27H33NO4/c1-24(2,30)23-20(29)14-18-21(32-23)10-11-25(3)26(4)15(9-12-27(18,25)31)13-17-16-7-5-6-8-19(16)28-22(17)26/h5-8,14-15,21,23,28,30-31H,9-13H2,1-4H3/t15-,21?,23-,25+,26+,27+/m0/s1. The predicted molar refractivity (Wildman–Crippen MR) is 122 cm³/mol. The molecular formula is C27H33NO4. The predicted octanol–water partition coefficient (Wildman–Crippen LogP) is 3.96. The highest BCUT2D eigenvalue weighted by Crippen LogP contribution is 2.69. The van der Waals surface area contributed by atoms with Crippen molar-refractivity contribution in [2.75, 3.05) is 0 Å². The number of nitrogens with one attached hydrogen (secondary N) is 1.